The van der Waals surface area contributed by atoms with E-state index in [2.05, 4.69) is 5.32 Å². The summed E-state index contributed by atoms with van der Waals surface area (Å²) in [6.45, 7) is 0.826. The van der Waals surface area contributed by atoms with Crippen LogP contribution in [0.3, 0.4) is 0 Å². The summed E-state index contributed by atoms with van der Waals surface area (Å²) in [4.78, 5) is 0. The number of aliphatic hydroxyl groups is 1. The number of hydrogen-bond acceptors (Lipinski definition) is 4. The number of nitrogen functional groups attached to an aromatic ring is 1. The van der Waals surface area contributed by atoms with Crippen molar-refractivity contribution in [3.05, 3.63) is 53.6 Å². The van der Waals surface area contributed by atoms with Crippen molar-refractivity contribution in [3.63, 3.8) is 0 Å². The second-order valence-electron chi connectivity index (χ2n) is 4.59. The monoisotopic (exact) mass is 272 g/mol. The maximum Gasteiger partial charge on any atom is 0.118 e. The Bertz CT molecular complexity index is 553. The number of nitrogens with two attached hydrogens (primary N) is 1. The quantitative estimate of drug-likeness (QED) is 0.706. The highest BCUT2D eigenvalue weighted by molar-refractivity contribution is 5.58. The van der Waals surface area contributed by atoms with Gasteiger partial charge in [-0.15, -0.1) is 0 Å². The summed E-state index contributed by atoms with van der Waals surface area (Å²) in [5.74, 6) is 0.849. The predicted octanol–water partition coefficient (Wildman–Crippen LogP) is 2.42. The molecule has 2 aromatic carbocycles. The van der Waals surface area contributed by atoms with Gasteiger partial charge in [0.05, 0.1) is 7.11 Å². The number of anilines is 2. The fourth-order valence-corrected chi connectivity index (χ4v) is 2.05. The number of methoxy groups -OCH3 is 1. The van der Waals surface area contributed by atoms with Gasteiger partial charge >= 0.3 is 0 Å². The van der Waals surface area contributed by atoms with Gasteiger partial charge in [0.2, 0.25) is 0 Å². The summed E-state index contributed by atoms with van der Waals surface area (Å²) in [5, 5.41) is 12.5. The molecule has 2 aromatic rings. The van der Waals surface area contributed by atoms with Crippen molar-refractivity contribution < 1.29 is 9.84 Å². The molecule has 0 aromatic heterocycles. The molecule has 0 radical (unpaired) electrons. The second kappa shape index (κ2) is 6.82. The number of aliphatic hydroxyl groups excluding tert-OH is 1. The largest absolute Gasteiger partial charge is 0.497 e. The van der Waals surface area contributed by atoms with E-state index in [1.807, 2.05) is 42.5 Å². The van der Waals surface area contributed by atoms with Crippen LogP contribution >= 0.6 is 0 Å². The number of hydrogen-bond donors (Lipinski definition) is 3. The highest BCUT2D eigenvalue weighted by Gasteiger charge is 2.03. The number of ether oxygens (including phenoxy) is 1. The van der Waals surface area contributed by atoms with E-state index in [1.54, 1.807) is 7.11 Å². The fourth-order valence-electron chi connectivity index (χ4n) is 2.05. The summed E-state index contributed by atoms with van der Waals surface area (Å²) >= 11 is 0. The first-order valence-electron chi connectivity index (χ1n) is 6.59. The van der Waals surface area contributed by atoms with Crippen molar-refractivity contribution in [1.82, 2.24) is 0 Å². The number of benzene rings is 2. The molecule has 0 bridgehead atoms. The SMILES string of the molecule is COc1ccc(CNc2ccc(N)cc2CCO)cc1. The zero-order valence-electron chi connectivity index (χ0n) is 11.6. The van der Waals surface area contributed by atoms with Gasteiger partial charge in [0.15, 0.2) is 0 Å². The molecule has 4 N–H and O–H groups in total. The van der Waals surface area contributed by atoms with Gasteiger partial charge in [0, 0.05) is 24.5 Å². The first-order valence-corrected chi connectivity index (χ1v) is 6.59. The van der Waals surface area contributed by atoms with Crippen molar-refractivity contribution in [2.24, 2.45) is 0 Å². The lowest BCUT2D eigenvalue weighted by Gasteiger charge is -2.12. The lowest BCUT2D eigenvalue weighted by Crippen LogP contribution is -2.04. The molecule has 20 heavy (non-hydrogen) atoms. The zero-order valence-corrected chi connectivity index (χ0v) is 11.6. The van der Waals surface area contributed by atoms with Crippen molar-refractivity contribution in [2.75, 3.05) is 24.8 Å². The van der Waals surface area contributed by atoms with Gasteiger partial charge in [0.25, 0.3) is 0 Å². The normalized spacial score (nSPS) is 10.3. The van der Waals surface area contributed by atoms with Crippen molar-refractivity contribution in [2.45, 2.75) is 13.0 Å². The first-order chi connectivity index (χ1) is 9.72. The molecule has 0 saturated heterocycles. The van der Waals surface area contributed by atoms with Gasteiger partial charge in [0.1, 0.15) is 5.75 Å². The lowest BCUT2D eigenvalue weighted by molar-refractivity contribution is 0.300. The minimum atomic E-state index is 0.112. The van der Waals surface area contributed by atoms with Crippen LogP contribution in [0.2, 0.25) is 0 Å². The number of nitrogens with one attached hydrogen (secondary N) is 1. The van der Waals surface area contributed by atoms with Gasteiger partial charge in [-0.2, -0.15) is 0 Å². The minimum absolute atomic E-state index is 0.112. The van der Waals surface area contributed by atoms with Crippen LogP contribution in [0.4, 0.5) is 11.4 Å². The van der Waals surface area contributed by atoms with Gasteiger partial charge in [-0.05, 0) is 47.9 Å². The average molecular weight is 272 g/mol. The number of rotatable bonds is 6. The summed E-state index contributed by atoms with van der Waals surface area (Å²) in [6, 6.07) is 13.6. The van der Waals surface area contributed by atoms with Crippen LogP contribution in [0, 0.1) is 0 Å². The summed E-state index contributed by atoms with van der Waals surface area (Å²) in [7, 11) is 1.66. The third kappa shape index (κ3) is 3.65. The molecular weight excluding hydrogens is 252 g/mol. The first kappa shape index (κ1) is 14.2. The Morgan fingerprint density at radius 1 is 1.15 bits per heavy atom. The second-order valence-corrected chi connectivity index (χ2v) is 4.59. The third-order valence-electron chi connectivity index (χ3n) is 3.15. The molecule has 4 nitrogen and oxygen atoms in total. The Balaban J connectivity index is 2.05. The topological polar surface area (TPSA) is 67.5 Å². The Morgan fingerprint density at radius 3 is 2.55 bits per heavy atom. The molecule has 0 heterocycles. The van der Waals surface area contributed by atoms with Crippen LogP contribution < -0.4 is 15.8 Å². The minimum Gasteiger partial charge on any atom is -0.497 e. The lowest BCUT2D eigenvalue weighted by atomic mass is 10.1. The van der Waals surface area contributed by atoms with Crippen LogP contribution in [-0.2, 0) is 13.0 Å². The van der Waals surface area contributed by atoms with Crippen molar-refractivity contribution in [3.8, 4) is 5.75 Å². The Kier molecular flexibility index (Phi) is 4.85. The van der Waals surface area contributed by atoms with E-state index in [9.17, 15) is 0 Å². The van der Waals surface area contributed by atoms with Crippen molar-refractivity contribution >= 4 is 11.4 Å². The standard InChI is InChI=1S/C16H20N2O2/c1-20-15-5-2-12(3-6-15)11-18-16-7-4-14(17)10-13(16)8-9-19/h2-7,10,18-19H,8-9,11,17H2,1H3. The molecule has 0 atom stereocenters. The molecule has 0 fully saturated rings. The van der Waals surface area contributed by atoms with Crippen LogP contribution in [0.25, 0.3) is 0 Å². The average Bonchev–Trinajstić information content (AvgIpc) is 2.47. The van der Waals surface area contributed by atoms with Crippen LogP contribution in [-0.4, -0.2) is 18.8 Å². The van der Waals surface area contributed by atoms with Gasteiger partial charge in [-0.1, -0.05) is 12.1 Å². The van der Waals surface area contributed by atoms with E-state index < -0.39 is 0 Å². The van der Waals surface area contributed by atoms with Gasteiger partial charge in [-0.25, -0.2) is 0 Å². The van der Waals surface area contributed by atoms with Crippen LogP contribution in [0.1, 0.15) is 11.1 Å². The Hall–Kier alpha value is -2.20. The molecule has 0 unspecified atom stereocenters. The molecule has 0 aliphatic carbocycles. The molecule has 0 aliphatic heterocycles. The van der Waals surface area contributed by atoms with E-state index in [1.165, 1.54) is 0 Å². The van der Waals surface area contributed by atoms with E-state index in [-0.39, 0.29) is 6.61 Å². The molecule has 0 amide bonds. The molecular formula is C16H20N2O2. The maximum atomic E-state index is 9.10. The highest BCUT2D eigenvalue weighted by atomic mass is 16.5. The third-order valence-corrected chi connectivity index (χ3v) is 3.15. The fraction of sp³-hybridized carbons (Fsp3) is 0.250. The smallest absolute Gasteiger partial charge is 0.118 e. The summed E-state index contributed by atoms with van der Waals surface area (Å²) in [5.41, 5.74) is 9.68. The molecule has 106 valence electrons. The van der Waals surface area contributed by atoms with Crippen LogP contribution in [0.15, 0.2) is 42.5 Å². The van der Waals surface area contributed by atoms with E-state index in [4.69, 9.17) is 15.6 Å². The Labute approximate surface area is 119 Å². The van der Waals surface area contributed by atoms with Crippen LogP contribution in [0.5, 0.6) is 5.75 Å². The predicted molar refractivity (Wildman–Crippen MR) is 82.0 cm³/mol. The molecule has 0 saturated carbocycles. The van der Waals surface area contributed by atoms with Crippen molar-refractivity contribution in [1.29, 1.82) is 0 Å². The van der Waals surface area contributed by atoms with Gasteiger partial charge in [-0.3, -0.25) is 0 Å². The molecule has 0 aliphatic rings. The molecule has 2 rings (SSSR count). The zero-order chi connectivity index (χ0) is 14.4. The molecule has 0 spiro atoms. The summed E-state index contributed by atoms with van der Waals surface area (Å²) < 4.78 is 5.13. The van der Waals surface area contributed by atoms with E-state index in [0.717, 1.165) is 22.6 Å². The molecule has 4 heteroatoms. The Morgan fingerprint density at radius 2 is 1.90 bits per heavy atom. The maximum absolute atomic E-state index is 9.10. The van der Waals surface area contributed by atoms with Gasteiger partial charge < -0.3 is 20.9 Å². The summed E-state index contributed by atoms with van der Waals surface area (Å²) in [6.07, 6.45) is 0.593. The van der Waals surface area contributed by atoms with E-state index >= 15 is 0 Å². The highest BCUT2D eigenvalue weighted by Crippen LogP contribution is 2.20. The van der Waals surface area contributed by atoms with E-state index in [0.29, 0.717) is 18.7 Å².